The summed E-state index contributed by atoms with van der Waals surface area (Å²) in [5, 5.41) is 21.8. The van der Waals surface area contributed by atoms with Crippen LogP contribution in [0.5, 0.6) is 0 Å². The molecule has 1 aromatic heterocycles. The van der Waals surface area contributed by atoms with Crippen LogP contribution in [-0.2, 0) is 32.7 Å². The van der Waals surface area contributed by atoms with Crippen molar-refractivity contribution in [2.24, 2.45) is 7.05 Å². The van der Waals surface area contributed by atoms with Crippen molar-refractivity contribution in [2.75, 3.05) is 11.1 Å². The molecule has 0 saturated carbocycles. The molecule has 36 heavy (non-hydrogen) atoms. The number of hydrogen-bond acceptors (Lipinski definition) is 7. The Morgan fingerprint density at radius 3 is 2.64 bits per heavy atom. The molecule has 1 saturated heterocycles. The number of amides is 1. The summed E-state index contributed by atoms with van der Waals surface area (Å²) in [5.41, 5.74) is 3.11. The van der Waals surface area contributed by atoms with Crippen molar-refractivity contribution in [3.63, 3.8) is 0 Å². The zero-order valence-electron chi connectivity index (χ0n) is 19.9. The van der Waals surface area contributed by atoms with Gasteiger partial charge in [-0.05, 0) is 23.3 Å². The zero-order valence-corrected chi connectivity index (χ0v) is 20.7. The number of carboxylic acids is 1. The molecule has 3 atom stereocenters. The zero-order chi connectivity index (χ0) is 25.5. The van der Waals surface area contributed by atoms with Gasteiger partial charge in [-0.1, -0.05) is 48.2 Å². The van der Waals surface area contributed by atoms with Crippen molar-refractivity contribution >= 4 is 29.3 Å². The number of aliphatic hydroxyl groups excluding tert-OH is 1. The minimum Gasteiger partial charge on any atom is -0.481 e. The highest BCUT2D eigenvalue weighted by Crippen LogP contribution is 2.39. The molecule has 2 aromatic carbocycles. The topological polar surface area (TPSA) is 123 Å². The number of imidazole rings is 1. The number of carboxylic acid groups (broad SMARTS) is 1. The van der Waals surface area contributed by atoms with Gasteiger partial charge in [-0.3, -0.25) is 9.59 Å². The lowest BCUT2D eigenvalue weighted by molar-refractivity contribution is -0.245. The monoisotopic (exact) mass is 511 g/mol. The third kappa shape index (κ3) is 6.94. The number of rotatable bonds is 10. The van der Waals surface area contributed by atoms with E-state index in [1.807, 2.05) is 48.1 Å². The molecule has 0 aliphatic carbocycles. The molecule has 3 unspecified atom stereocenters. The van der Waals surface area contributed by atoms with Gasteiger partial charge in [-0.25, -0.2) is 4.98 Å². The first kappa shape index (κ1) is 25.9. The molecule has 0 radical (unpaired) electrons. The van der Waals surface area contributed by atoms with E-state index < -0.39 is 12.3 Å². The van der Waals surface area contributed by atoms with Crippen molar-refractivity contribution in [1.29, 1.82) is 0 Å². The molecule has 9 nitrogen and oxygen atoms in total. The number of aliphatic carboxylic acids is 1. The Balaban J connectivity index is 1.51. The van der Waals surface area contributed by atoms with E-state index in [2.05, 4.69) is 10.3 Å². The Hall–Kier alpha value is -3.18. The number of aliphatic hydroxyl groups is 1. The van der Waals surface area contributed by atoms with Crippen LogP contribution in [0.25, 0.3) is 0 Å². The normalized spacial score (nSPS) is 19.7. The molecular weight excluding hydrogens is 482 g/mol. The van der Waals surface area contributed by atoms with E-state index in [0.29, 0.717) is 17.9 Å². The smallest absolute Gasteiger partial charge is 0.303 e. The Morgan fingerprint density at radius 1 is 1.14 bits per heavy atom. The van der Waals surface area contributed by atoms with Crippen LogP contribution < -0.4 is 5.32 Å². The number of hydrogen-bond donors (Lipinski definition) is 3. The van der Waals surface area contributed by atoms with Crippen LogP contribution >= 0.6 is 11.8 Å². The molecule has 1 aliphatic rings. The number of benzene rings is 2. The van der Waals surface area contributed by atoms with Gasteiger partial charge in [0, 0.05) is 49.3 Å². The maximum atomic E-state index is 12.1. The maximum Gasteiger partial charge on any atom is 0.303 e. The fourth-order valence-electron chi connectivity index (χ4n) is 3.89. The highest BCUT2D eigenvalue weighted by Gasteiger charge is 2.32. The lowest BCUT2D eigenvalue weighted by Crippen LogP contribution is -2.31. The van der Waals surface area contributed by atoms with E-state index in [1.165, 1.54) is 0 Å². The summed E-state index contributed by atoms with van der Waals surface area (Å²) in [5.74, 6) is -0.705. The predicted octanol–water partition coefficient (Wildman–Crippen LogP) is 4.05. The average molecular weight is 512 g/mol. The molecule has 3 N–H and O–H groups in total. The lowest BCUT2D eigenvalue weighted by Gasteiger charge is -2.36. The number of anilines is 1. The van der Waals surface area contributed by atoms with Gasteiger partial charge in [0.15, 0.2) is 11.4 Å². The van der Waals surface area contributed by atoms with Gasteiger partial charge in [0.05, 0.1) is 25.2 Å². The predicted molar refractivity (Wildman–Crippen MR) is 134 cm³/mol. The Kier molecular flexibility index (Phi) is 8.76. The lowest BCUT2D eigenvalue weighted by atomic mass is 10.0. The summed E-state index contributed by atoms with van der Waals surface area (Å²) in [6.45, 7) is -0.0224. The van der Waals surface area contributed by atoms with E-state index >= 15 is 0 Å². The number of carbonyl (C=O) groups is 2. The third-order valence-corrected chi connectivity index (χ3v) is 6.99. The second kappa shape index (κ2) is 12.2. The number of thioether (sulfide) groups is 1. The number of ether oxygens (including phenoxy) is 2. The van der Waals surface area contributed by atoms with Crippen LogP contribution in [0.3, 0.4) is 0 Å². The number of carbonyl (C=O) groups excluding carboxylic acids is 1. The Labute approximate surface area is 213 Å². The van der Waals surface area contributed by atoms with Crippen LogP contribution in [-0.4, -0.2) is 43.5 Å². The molecule has 2 heterocycles. The first-order chi connectivity index (χ1) is 17.4. The molecule has 1 amide bonds. The number of nitrogens with zero attached hydrogens (tertiary/aromatic N) is 2. The van der Waals surface area contributed by atoms with Crippen molar-refractivity contribution in [3.8, 4) is 0 Å². The highest BCUT2D eigenvalue weighted by molar-refractivity contribution is 7.99. The molecule has 1 aliphatic heterocycles. The van der Waals surface area contributed by atoms with Crippen molar-refractivity contribution in [2.45, 2.75) is 49.5 Å². The Bertz CT molecular complexity index is 1180. The molecule has 0 bridgehead atoms. The largest absolute Gasteiger partial charge is 0.481 e. The molecule has 10 heteroatoms. The maximum absolute atomic E-state index is 12.1. The summed E-state index contributed by atoms with van der Waals surface area (Å²) >= 11 is 1.61. The molecule has 190 valence electrons. The Morgan fingerprint density at radius 2 is 1.94 bits per heavy atom. The number of nitrogens with one attached hydrogen (secondary N) is 1. The number of aromatic nitrogens is 2. The van der Waals surface area contributed by atoms with Crippen molar-refractivity contribution < 1.29 is 29.3 Å². The summed E-state index contributed by atoms with van der Waals surface area (Å²) < 4.78 is 14.7. The summed E-state index contributed by atoms with van der Waals surface area (Å²) in [6, 6.07) is 14.9. The summed E-state index contributed by atoms with van der Waals surface area (Å²) in [4.78, 5) is 27.2. The molecule has 3 aromatic rings. The standard InChI is InChI=1S/C26H29N3O6S/c1-29-12-11-27-26(29)36-16-21-14-22(18-7-5-17(15-30)6-8-18)35-25(34-21)19-3-2-4-20(13-19)28-23(31)9-10-24(32)33/h2-8,11-13,21-22,25,30H,9-10,14-16H2,1H3,(H,28,31)(H,32,33). The fraction of sp³-hybridized carbons (Fsp3) is 0.346. The minimum absolute atomic E-state index is 0.0224. The second-order valence-electron chi connectivity index (χ2n) is 8.55. The van der Waals surface area contributed by atoms with E-state index in [-0.39, 0.29) is 37.6 Å². The fourth-order valence-corrected chi connectivity index (χ4v) is 4.84. The van der Waals surface area contributed by atoms with E-state index in [9.17, 15) is 14.7 Å². The van der Waals surface area contributed by atoms with Gasteiger partial charge in [0.1, 0.15) is 0 Å². The van der Waals surface area contributed by atoms with E-state index in [4.69, 9.17) is 14.6 Å². The summed E-state index contributed by atoms with van der Waals surface area (Å²) in [7, 11) is 1.95. The average Bonchev–Trinajstić information content (AvgIpc) is 3.30. The van der Waals surface area contributed by atoms with Crippen LogP contribution in [0.15, 0.2) is 66.1 Å². The highest BCUT2D eigenvalue weighted by atomic mass is 32.2. The van der Waals surface area contributed by atoms with E-state index in [0.717, 1.165) is 21.8 Å². The van der Waals surface area contributed by atoms with Crippen molar-refractivity contribution in [1.82, 2.24) is 9.55 Å². The van der Waals surface area contributed by atoms with Gasteiger partial charge in [0.25, 0.3) is 0 Å². The first-order valence-corrected chi connectivity index (χ1v) is 12.6. The van der Waals surface area contributed by atoms with Crippen LogP contribution in [0.2, 0.25) is 0 Å². The SMILES string of the molecule is Cn1ccnc1SCC1CC(c2ccc(CO)cc2)OC(c2cccc(NC(=O)CCC(=O)O)c2)O1. The van der Waals surface area contributed by atoms with Gasteiger partial charge in [0.2, 0.25) is 5.91 Å². The second-order valence-corrected chi connectivity index (χ2v) is 9.54. The van der Waals surface area contributed by atoms with Gasteiger partial charge in [-0.15, -0.1) is 0 Å². The van der Waals surface area contributed by atoms with Crippen LogP contribution in [0.4, 0.5) is 5.69 Å². The van der Waals surface area contributed by atoms with Crippen LogP contribution in [0.1, 0.15) is 48.3 Å². The molecule has 4 rings (SSSR count). The summed E-state index contributed by atoms with van der Waals surface area (Å²) in [6.07, 6.45) is 2.97. The molecule has 0 spiro atoms. The van der Waals surface area contributed by atoms with Gasteiger partial charge in [-0.2, -0.15) is 0 Å². The first-order valence-electron chi connectivity index (χ1n) is 11.6. The quantitative estimate of drug-likeness (QED) is 0.349. The number of aryl methyl sites for hydroxylation is 1. The minimum atomic E-state index is -1.02. The van der Waals surface area contributed by atoms with Gasteiger partial charge < -0.3 is 29.6 Å². The molecular formula is C26H29N3O6S. The van der Waals surface area contributed by atoms with Gasteiger partial charge >= 0.3 is 5.97 Å². The van der Waals surface area contributed by atoms with Crippen LogP contribution in [0, 0.1) is 0 Å². The van der Waals surface area contributed by atoms with Crippen molar-refractivity contribution in [3.05, 3.63) is 77.6 Å². The molecule has 1 fully saturated rings. The van der Waals surface area contributed by atoms with E-state index in [1.54, 1.807) is 36.2 Å². The third-order valence-electron chi connectivity index (χ3n) is 5.80.